The van der Waals surface area contributed by atoms with E-state index >= 15 is 0 Å². The van der Waals surface area contributed by atoms with Crippen molar-refractivity contribution in [3.05, 3.63) is 82.5 Å². The number of amides is 1. The van der Waals surface area contributed by atoms with Gasteiger partial charge < -0.3 is 4.74 Å². The number of thiazole rings is 1. The van der Waals surface area contributed by atoms with Crippen molar-refractivity contribution in [3.63, 3.8) is 0 Å². The molecule has 0 saturated carbocycles. The Morgan fingerprint density at radius 2 is 1.97 bits per heavy atom. The molecule has 0 spiro atoms. The molecule has 3 heterocycles. The van der Waals surface area contributed by atoms with E-state index < -0.39 is 0 Å². The number of anilines is 1. The van der Waals surface area contributed by atoms with Gasteiger partial charge in [0.05, 0.1) is 28.9 Å². The average Bonchev–Trinajstić information content (AvgIpc) is 3.38. The van der Waals surface area contributed by atoms with Crippen LogP contribution >= 0.6 is 34.3 Å². The fraction of sp³-hybridized carbons (Fsp3) is 0.0870. The molecular formula is C23H16ClN3O2S2. The van der Waals surface area contributed by atoms with Crippen LogP contribution in [-0.2, 0) is 6.54 Å². The molecule has 0 aliphatic carbocycles. The summed E-state index contributed by atoms with van der Waals surface area (Å²) < 4.78 is 7.25. The van der Waals surface area contributed by atoms with Gasteiger partial charge in [0.25, 0.3) is 5.91 Å². The van der Waals surface area contributed by atoms with Gasteiger partial charge in [-0.05, 0) is 35.9 Å². The number of hydrogen-bond donors (Lipinski definition) is 0. The summed E-state index contributed by atoms with van der Waals surface area (Å²) in [6.45, 7) is 0.341. The van der Waals surface area contributed by atoms with E-state index in [4.69, 9.17) is 21.3 Å². The van der Waals surface area contributed by atoms with Gasteiger partial charge in [-0.3, -0.25) is 14.7 Å². The molecule has 1 amide bonds. The van der Waals surface area contributed by atoms with E-state index in [1.54, 1.807) is 24.4 Å². The van der Waals surface area contributed by atoms with Crippen LogP contribution in [0.1, 0.15) is 15.2 Å². The number of benzene rings is 2. The maximum absolute atomic E-state index is 13.7. The molecule has 31 heavy (non-hydrogen) atoms. The molecular weight excluding hydrogens is 450 g/mol. The Hall–Kier alpha value is -3.00. The highest BCUT2D eigenvalue weighted by Crippen LogP contribution is 2.38. The largest absolute Gasteiger partial charge is 0.497 e. The molecule has 3 aromatic heterocycles. The van der Waals surface area contributed by atoms with E-state index in [1.807, 2.05) is 54.6 Å². The minimum absolute atomic E-state index is 0.180. The highest BCUT2D eigenvalue weighted by molar-refractivity contribution is 7.23. The van der Waals surface area contributed by atoms with E-state index in [0.717, 1.165) is 31.6 Å². The molecule has 0 fully saturated rings. The lowest BCUT2D eigenvalue weighted by Gasteiger charge is -2.19. The first-order chi connectivity index (χ1) is 15.1. The molecule has 0 atom stereocenters. The van der Waals surface area contributed by atoms with Crippen LogP contribution in [-0.4, -0.2) is 23.0 Å². The number of ether oxygens (including phenoxy) is 1. The topological polar surface area (TPSA) is 55.3 Å². The standard InChI is InChI=1S/C23H16ClN3O2S2/c1-29-15-8-9-17-19(11-15)31-23(26-17)27(13-14-5-4-10-25-12-14)22(28)21-20(24)16-6-2-3-7-18(16)30-21/h2-12H,13H2,1H3. The predicted molar refractivity (Wildman–Crippen MR) is 128 cm³/mol. The summed E-state index contributed by atoms with van der Waals surface area (Å²) in [5.41, 5.74) is 1.72. The summed E-state index contributed by atoms with van der Waals surface area (Å²) >= 11 is 9.46. The highest BCUT2D eigenvalue weighted by atomic mass is 35.5. The van der Waals surface area contributed by atoms with Crippen molar-refractivity contribution in [3.8, 4) is 5.75 Å². The molecule has 8 heteroatoms. The van der Waals surface area contributed by atoms with Crippen LogP contribution in [0.25, 0.3) is 20.3 Å². The summed E-state index contributed by atoms with van der Waals surface area (Å²) in [6, 6.07) is 17.2. The van der Waals surface area contributed by atoms with Gasteiger partial charge in [0.2, 0.25) is 0 Å². The molecule has 0 radical (unpaired) electrons. The summed E-state index contributed by atoms with van der Waals surface area (Å²) in [4.78, 5) is 24.8. The second kappa shape index (κ2) is 8.26. The molecule has 2 aromatic carbocycles. The molecule has 0 aliphatic heterocycles. The maximum atomic E-state index is 13.7. The zero-order chi connectivity index (χ0) is 21.4. The van der Waals surface area contributed by atoms with Gasteiger partial charge in [-0.25, -0.2) is 4.98 Å². The minimum atomic E-state index is -0.180. The van der Waals surface area contributed by atoms with Gasteiger partial charge in [-0.2, -0.15) is 0 Å². The Kier molecular flexibility index (Phi) is 5.31. The number of carbonyl (C=O) groups is 1. The minimum Gasteiger partial charge on any atom is -0.497 e. The molecule has 0 N–H and O–H groups in total. The Morgan fingerprint density at radius 1 is 1.10 bits per heavy atom. The van der Waals surface area contributed by atoms with Crippen LogP contribution in [0.3, 0.4) is 0 Å². The summed E-state index contributed by atoms with van der Waals surface area (Å²) in [7, 11) is 1.63. The number of fused-ring (bicyclic) bond motifs is 2. The molecule has 5 aromatic rings. The van der Waals surface area contributed by atoms with E-state index in [-0.39, 0.29) is 5.91 Å². The van der Waals surface area contributed by atoms with Crippen LogP contribution < -0.4 is 9.64 Å². The molecule has 0 saturated heterocycles. The second-order valence-electron chi connectivity index (χ2n) is 6.82. The van der Waals surface area contributed by atoms with Crippen molar-refractivity contribution in [1.82, 2.24) is 9.97 Å². The van der Waals surface area contributed by atoms with Gasteiger partial charge in [-0.15, -0.1) is 11.3 Å². The third-order valence-corrected chi connectivity index (χ3v) is 7.56. The normalized spacial score (nSPS) is 11.2. The van der Waals surface area contributed by atoms with Gasteiger partial charge in [0.1, 0.15) is 10.6 Å². The third-order valence-electron chi connectivity index (χ3n) is 4.85. The number of nitrogens with zero attached hydrogens (tertiary/aromatic N) is 3. The molecule has 5 nitrogen and oxygen atoms in total. The number of pyridine rings is 1. The fourth-order valence-electron chi connectivity index (χ4n) is 3.31. The smallest absolute Gasteiger partial charge is 0.272 e. The average molecular weight is 466 g/mol. The third kappa shape index (κ3) is 3.76. The van der Waals surface area contributed by atoms with Crippen molar-refractivity contribution in [2.45, 2.75) is 6.54 Å². The second-order valence-corrected chi connectivity index (χ2v) is 9.26. The van der Waals surface area contributed by atoms with Crippen LogP contribution in [0, 0.1) is 0 Å². The van der Waals surface area contributed by atoms with Gasteiger partial charge in [-0.1, -0.05) is 47.2 Å². The summed E-state index contributed by atoms with van der Waals surface area (Å²) in [6.07, 6.45) is 3.46. The Labute approximate surface area is 191 Å². The van der Waals surface area contributed by atoms with E-state index in [9.17, 15) is 4.79 Å². The lowest BCUT2D eigenvalue weighted by molar-refractivity contribution is 0.0989. The van der Waals surface area contributed by atoms with E-state index in [2.05, 4.69) is 4.98 Å². The van der Waals surface area contributed by atoms with Gasteiger partial charge in [0.15, 0.2) is 5.13 Å². The first kappa shape index (κ1) is 19.9. The van der Waals surface area contributed by atoms with E-state index in [0.29, 0.717) is 21.6 Å². The van der Waals surface area contributed by atoms with Crippen molar-refractivity contribution in [1.29, 1.82) is 0 Å². The summed E-state index contributed by atoms with van der Waals surface area (Å²) in [5, 5.41) is 1.96. The Bertz CT molecular complexity index is 1400. The number of halogens is 1. The number of hydrogen-bond acceptors (Lipinski definition) is 6. The SMILES string of the molecule is COc1ccc2nc(N(Cc3cccnc3)C(=O)c3sc4ccccc4c3Cl)sc2c1. The molecule has 5 rings (SSSR count). The van der Waals surface area contributed by atoms with Crippen molar-refractivity contribution >= 4 is 65.6 Å². The lowest BCUT2D eigenvalue weighted by Crippen LogP contribution is -2.30. The van der Waals surface area contributed by atoms with Crippen molar-refractivity contribution < 1.29 is 9.53 Å². The van der Waals surface area contributed by atoms with Crippen LogP contribution in [0.4, 0.5) is 5.13 Å². The van der Waals surface area contributed by atoms with Crippen LogP contribution in [0.2, 0.25) is 5.02 Å². The molecule has 0 bridgehead atoms. The number of aromatic nitrogens is 2. The Balaban J connectivity index is 1.61. The first-order valence-electron chi connectivity index (χ1n) is 9.46. The van der Waals surface area contributed by atoms with Gasteiger partial charge in [0, 0.05) is 22.5 Å². The number of carbonyl (C=O) groups excluding carboxylic acids is 1. The predicted octanol–water partition coefficient (Wildman–Crippen LogP) is 6.42. The lowest BCUT2D eigenvalue weighted by atomic mass is 10.2. The molecule has 0 aliphatic rings. The summed E-state index contributed by atoms with van der Waals surface area (Å²) in [5.74, 6) is 0.571. The highest BCUT2D eigenvalue weighted by Gasteiger charge is 2.26. The molecule has 154 valence electrons. The zero-order valence-corrected chi connectivity index (χ0v) is 18.8. The van der Waals surface area contributed by atoms with Crippen molar-refractivity contribution in [2.24, 2.45) is 0 Å². The number of methoxy groups -OCH3 is 1. The van der Waals surface area contributed by atoms with Crippen LogP contribution in [0.5, 0.6) is 5.75 Å². The maximum Gasteiger partial charge on any atom is 0.272 e. The quantitative estimate of drug-likeness (QED) is 0.300. The first-order valence-corrected chi connectivity index (χ1v) is 11.5. The molecule has 0 unspecified atom stereocenters. The monoisotopic (exact) mass is 465 g/mol. The van der Waals surface area contributed by atoms with Crippen molar-refractivity contribution in [2.75, 3.05) is 12.0 Å². The Morgan fingerprint density at radius 3 is 2.74 bits per heavy atom. The zero-order valence-electron chi connectivity index (χ0n) is 16.4. The van der Waals surface area contributed by atoms with E-state index in [1.165, 1.54) is 22.7 Å². The van der Waals surface area contributed by atoms with Gasteiger partial charge >= 0.3 is 0 Å². The number of rotatable bonds is 5. The van der Waals surface area contributed by atoms with Crippen LogP contribution in [0.15, 0.2) is 67.0 Å². The fourth-order valence-corrected chi connectivity index (χ4v) is 5.76. The number of thiophene rings is 1.